The van der Waals surface area contributed by atoms with Crippen LogP contribution in [0, 0.1) is 0 Å². The molecule has 4 nitrogen and oxygen atoms in total. The van der Waals surface area contributed by atoms with E-state index in [0.717, 1.165) is 18.5 Å². The van der Waals surface area contributed by atoms with E-state index in [1.54, 1.807) is 11.7 Å². The maximum atomic E-state index is 10.8. The minimum atomic E-state index is -0.974. The Bertz CT molecular complexity index is 382. The highest BCUT2D eigenvalue weighted by molar-refractivity contribution is 9.10. The van der Waals surface area contributed by atoms with E-state index in [0.29, 0.717) is 10.4 Å². The number of aryl methyl sites for hydroxylation is 1. The van der Waals surface area contributed by atoms with Crippen LogP contribution >= 0.6 is 15.9 Å². The summed E-state index contributed by atoms with van der Waals surface area (Å²) in [5, 5.41) is 12.9. The fraction of sp³-hybridized carbons (Fsp3) is 0.556. The molecule has 0 aliphatic heterocycles. The quantitative estimate of drug-likeness (QED) is 0.885. The van der Waals surface area contributed by atoms with Crippen LogP contribution in [0.5, 0.6) is 0 Å². The average molecular weight is 259 g/mol. The highest BCUT2D eigenvalue weighted by atomic mass is 79.9. The van der Waals surface area contributed by atoms with E-state index >= 15 is 0 Å². The van der Waals surface area contributed by atoms with Gasteiger partial charge < -0.3 is 5.11 Å². The normalized spacial score (nSPS) is 16.7. The predicted molar refractivity (Wildman–Crippen MR) is 54.5 cm³/mol. The summed E-state index contributed by atoms with van der Waals surface area (Å²) in [6.45, 7) is 0. The van der Waals surface area contributed by atoms with Crippen molar-refractivity contribution in [1.82, 2.24) is 9.78 Å². The zero-order valence-electron chi connectivity index (χ0n) is 7.83. The van der Waals surface area contributed by atoms with E-state index in [-0.39, 0.29) is 5.69 Å². The minimum Gasteiger partial charge on any atom is -0.476 e. The SMILES string of the molecule is Cn1nc(C(=O)O)c(Br)c1C1CCC1. The lowest BCUT2D eigenvalue weighted by Gasteiger charge is -2.25. The molecule has 1 N–H and O–H groups in total. The first-order chi connectivity index (χ1) is 6.61. The van der Waals surface area contributed by atoms with Crippen LogP contribution in [-0.2, 0) is 7.05 Å². The van der Waals surface area contributed by atoms with Crippen LogP contribution in [0.3, 0.4) is 0 Å². The third-order valence-electron chi connectivity index (χ3n) is 2.73. The van der Waals surface area contributed by atoms with Crippen molar-refractivity contribution in [3.8, 4) is 0 Å². The molecule has 5 heteroatoms. The van der Waals surface area contributed by atoms with Crippen molar-refractivity contribution in [1.29, 1.82) is 0 Å². The molecule has 1 aromatic heterocycles. The molecule has 0 radical (unpaired) electrons. The van der Waals surface area contributed by atoms with Gasteiger partial charge in [0, 0.05) is 13.0 Å². The second kappa shape index (κ2) is 3.38. The monoisotopic (exact) mass is 258 g/mol. The van der Waals surface area contributed by atoms with Crippen molar-refractivity contribution in [3.63, 3.8) is 0 Å². The average Bonchev–Trinajstić information content (AvgIpc) is 2.29. The van der Waals surface area contributed by atoms with Crippen LogP contribution in [0.15, 0.2) is 4.47 Å². The van der Waals surface area contributed by atoms with Gasteiger partial charge in [0.05, 0.1) is 10.2 Å². The Labute approximate surface area is 90.0 Å². The van der Waals surface area contributed by atoms with Gasteiger partial charge in [-0.1, -0.05) is 6.42 Å². The second-order valence-electron chi connectivity index (χ2n) is 3.60. The summed E-state index contributed by atoms with van der Waals surface area (Å²) in [5.41, 5.74) is 1.14. The zero-order valence-corrected chi connectivity index (χ0v) is 9.41. The summed E-state index contributed by atoms with van der Waals surface area (Å²) in [4.78, 5) is 10.8. The van der Waals surface area contributed by atoms with Crippen molar-refractivity contribution >= 4 is 21.9 Å². The molecule has 0 atom stereocenters. The molecule has 0 bridgehead atoms. The lowest BCUT2D eigenvalue weighted by molar-refractivity contribution is 0.0688. The summed E-state index contributed by atoms with van der Waals surface area (Å²) in [6.07, 6.45) is 3.50. The molecule has 0 aromatic carbocycles. The molecule has 1 saturated carbocycles. The van der Waals surface area contributed by atoms with Crippen LogP contribution in [0.4, 0.5) is 0 Å². The molecular weight excluding hydrogens is 248 g/mol. The van der Waals surface area contributed by atoms with Crippen LogP contribution in [-0.4, -0.2) is 20.9 Å². The van der Waals surface area contributed by atoms with Gasteiger partial charge in [0.1, 0.15) is 0 Å². The van der Waals surface area contributed by atoms with Crippen molar-refractivity contribution in [2.24, 2.45) is 7.05 Å². The smallest absolute Gasteiger partial charge is 0.357 e. The van der Waals surface area contributed by atoms with Gasteiger partial charge in [0.15, 0.2) is 5.69 Å². The number of hydrogen-bond acceptors (Lipinski definition) is 2. The Morgan fingerprint density at radius 3 is 2.64 bits per heavy atom. The van der Waals surface area contributed by atoms with Gasteiger partial charge >= 0.3 is 5.97 Å². The molecule has 0 saturated heterocycles. The third-order valence-corrected chi connectivity index (χ3v) is 3.51. The molecule has 0 amide bonds. The fourth-order valence-corrected chi connectivity index (χ4v) is 2.60. The molecule has 76 valence electrons. The van der Waals surface area contributed by atoms with E-state index in [2.05, 4.69) is 21.0 Å². The number of nitrogens with zero attached hydrogens (tertiary/aromatic N) is 2. The van der Waals surface area contributed by atoms with Crippen LogP contribution < -0.4 is 0 Å². The maximum absolute atomic E-state index is 10.8. The van der Waals surface area contributed by atoms with Gasteiger partial charge in [0.2, 0.25) is 0 Å². The van der Waals surface area contributed by atoms with Crippen LogP contribution in [0.1, 0.15) is 41.4 Å². The second-order valence-corrected chi connectivity index (χ2v) is 4.40. The lowest BCUT2D eigenvalue weighted by Crippen LogP contribution is -2.13. The first-order valence-corrected chi connectivity index (χ1v) is 5.36. The Kier molecular flexibility index (Phi) is 2.34. The van der Waals surface area contributed by atoms with E-state index in [4.69, 9.17) is 5.11 Å². The molecule has 0 spiro atoms. The molecule has 1 aliphatic carbocycles. The summed E-state index contributed by atoms with van der Waals surface area (Å²) in [5.74, 6) is -0.493. The van der Waals surface area contributed by atoms with Crippen molar-refractivity contribution in [2.45, 2.75) is 25.2 Å². The summed E-state index contributed by atoms with van der Waals surface area (Å²) >= 11 is 3.31. The van der Waals surface area contributed by atoms with Gasteiger partial charge in [-0.3, -0.25) is 4.68 Å². The largest absolute Gasteiger partial charge is 0.476 e. The van der Waals surface area contributed by atoms with Crippen LogP contribution in [0.2, 0.25) is 0 Å². The number of rotatable bonds is 2. The van der Waals surface area contributed by atoms with E-state index in [9.17, 15) is 4.79 Å². The van der Waals surface area contributed by atoms with Crippen molar-refractivity contribution in [2.75, 3.05) is 0 Å². The Morgan fingerprint density at radius 1 is 1.64 bits per heavy atom. The molecule has 2 rings (SSSR count). The topological polar surface area (TPSA) is 55.1 Å². The van der Waals surface area contributed by atoms with Gasteiger partial charge in [-0.15, -0.1) is 0 Å². The predicted octanol–water partition coefficient (Wildman–Crippen LogP) is 2.15. The van der Waals surface area contributed by atoms with Gasteiger partial charge in [0.25, 0.3) is 0 Å². The number of carboxylic acids is 1. The molecular formula is C9H11BrN2O2. The van der Waals surface area contributed by atoms with E-state index < -0.39 is 5.97 Å². The van der Waals surface area contributed by atoms with E-state index in [1.165, 1.54) is 6.42 Å². The molecule has 14 heavy (non-hydrogen) atoms. The number of carboxylic acid groups (broad SMARTS) is 1. The Morgan fingerprint density at radius 2 is 2.29 bits per heavy atom. The molecule has 0 unspecified atom stereocenters. The third kappa shape index (κ3) is 1.35. The Hall–Kier alpha value is -0.840. The van der Waals surface area contributed by atoms with Crippen molar-refractivity contribution < 1.29 is 9.90 Å². The zero-order chi connectivity index (χ0) is 10.3. The fourth-order valence-electron chi connectivity index (χ4n) is 1.77. The standard InChI is InChI=1S/C9H11BrN2O2/c1-12-8(5-3-2-4-5)6(10)7(11-12)9(13)14/h5H,2-4H2,1H3,(H,13,14). The summed E-state index contributed by atoms with van der Waals surface area (Å²) in [7, 11) is 1.80. The molecule has 1 fully saturated rings. The highest BCUT2D eigenvalue weighted by Crippen LogP contribution is 2.40. The number of aromatic nitrogens is 2. The number of carbonyl (C=O) groups is 1. The van der Waals surface area contributed by atoms with Gasteiger partial charge in [-0.2, -0.15) is 5.10 Å². The van der Waals surface area contributed by atoms with Crippen molar-refractivity contribution in [3.05, 3.63) is 15.9 Å². The summed E-state index contributed by atoms with van der Waals surface area (Å²) in [6, 6.07) is 0. The van der Waals surface area contributed by atoms with Gasteiger partial charge in [-0.05, 0) is 28.8 Å². The first kappa shape index (κ1) is 9.71. The lowest BCUT2D eigenvalue weighted by atomic mass is 9.83. The van der Waals surface area contributed by atoms with Crippen LogP contribution in [0.25, 0.3) is 0 Å². The van der Waals surface area contributed by atoms with E-state index in [1.807, 2.05) is 0 Å². The summed E-state index contributed by atoms with van der Waals surface area (Å²) < 4.78 is 2.33. The number of aromatic carboxylic acids is 1. The Balaban J connectivity index is 2.43. The number of hydrogen-bond donors (Lipinski definition) is 1. The van der Waals surface area contributed by atoms with Gasteiger partial charge in [-0.25, -0.2) is 4.79 Å². The first-order valence-electron chi connectivity index (χ1n) is 4.57. The molecule has 1 heterocycles. The molecule has 1 aromatic rings. The minimum absolute atomic E-state index is 0.120. The highest BCUT2D eigenvalue weighted by Gasteiger charge is 2.28. The number of halogens is 1. The maximum Gasteiger partial charge on any atom is 0.357 e. The molecule has 1 aliphatic rings.